The standard InChI is InChI=1S/C13H25N3O/c1-11(14)4-5-13(17)16-9-6-12(10-16)15-7-2-3-8-15/h11-12H,2-10,14H2,1H3. The van der Waals surface area contributed by atoms with Crippen LogP contribution in [0.25, 0.3) is 0 Å². The summed E-state index contributed by atoms with van der Waals surface area (Å²) in [6.07, 6.45) is 5.24. The molecular weight excluding hydrogens is 214 g/mol. The van der Waals surface area contributed by atoms with Crippen LogP contribution in [0, 0.1) is 0 Å². The maximum atomic E-state index is 12.0. The van der Waals surface area contributed by atoms with Gasteiger partial charge in [-0.2, -0.15) is 0 Å². The van der Waals surface area contributed by atoms with Crippen molar-refractivity contribution in [2.45, 2.75) is 51.1 Å². The Kier molecular flexibility index (Phi) is 4.40. The molecule has 1 amide bonds. The predicted octanol–water partition coefficient (Wildman–Crippen LogP) is 0.811. The van der Waals surface area contributed by atoms with Crippen LogP contribution in [0.5, 0.6) is 0 Å². The SMILES string of the molecule is CC(N)CCC(=O)N1CCC(N2CCCC2)C1. The smallest absolute Gasteiger partial charge is 0.222 e. The minimum Gasteiger partial charge on any atom is -0.341 e. The fourth-order valence-electron chi connectivity index (χ4n) is 2.88. The predicted molar refractivity (Wildman–Crippen MR) is 68.7 cm³/mol. The molecule has 4 nitrogen and oxygen atoms in total. The molecule has 2 aliphatic heterocycles. The quantitative estimate of drug-likeness (QED) is 0.790. The minimum atomic E-state index is 0.135. The van der Waals surface area contributed by atoms with E-state index >= 15 is 0 Å². The van der Waals surface area contributed by atoms with E-state index in [1.165, 1.54) is 25.9 Å². The Labute approximate surface area is 104 Å². The Morgan fingerprint density at radius 2 is 2.06 bits per heavy atom. The van der Waals surface area contributed by atoms with Gasteiger partial charge < -0.3 is 10.6 Å². The molecular formula is C13H25N3O. The van der Waals surface area contributed by atoms with Gasteiger partial charge >= 0.3 is 0 Å². The highest BCUT2D eigenvalue weighted by Gasteiger charge is 2.31. The van der Waals surface area contributed by atoms with Crippen LogP contribution in [0.3, 0.4) is 0 Å². The number of amides is 1. The zero-order valence-corrected chi connectivity index (χ0v) is 10.9. The molecule has 0 aromatic rings. The Hall–Kier alpha value is -0.610. The van der Waals surface area contributed by atoms with E-state index in [-0.39, 0.29) is 6.04 Å². The van der Waals surface area contributed by atoms with E-state index in [0.717, 1.165) is 25.9 Å². The monoisotopic (exact) mass is 239 g/mol. The highest BCUT2D eigenvalue weighted by molar-refractivity contribution is 5.76. The van der Waals surface area contributed by atoms with E-state index < -0.39 is 0 Å². The lowest BCUT2D eigenvalue weighted by Crippen LogP contribution is -2.37. The largest absolute Gasteiger partial charge is 0.341 e. The highest BCUT2D eigenvalue weighted by Crippen LogP contribution is 2.21. The summed E-state index contributed by atoms with van der Waals surface area (Å²) < 4.78 is 0. The van der Waals surface area contributed by atoms with Crippen molar-refractivity contribution in [2.24, 2.45) is 5.73 Å². The van der Waals surface area contributed by atoms with Crippen molar-refractivity contribution in [3.05, 3.63) is 0 Å². The zero-order valence-electron chi connectivity index (χ0n) is 10.9. The van der Waals surface area contributed by atoms with Gasteiger partial charge in [-0.15, -0.1) is 0 Å². The van der Waals surface area contributed by atoms with Gasteiger partial charge in [0.05, 0.1) is 0 Å². The fourth-order valence-corrected chi connectivity index (χ4v) is 2.88. The van der Waals surface area contributed by atoms with Gasteiger partial charge in [0, 0.05) is 31.6 Å². The molecule has 98 valence electrons. The van der Waals surface area contributed by atoms with Crippen LogP contribution in [-0.2, 0) is 4.79 Å². The van der Waals surface area contributed by atoms with Crippen molar-refractivity contribution in [2.75, 3.05) is 26.2 Å². The fraction of sp³-hybridized carbons (Fsp3) is 0.923. The molecule has 4 heteroatoms. The molecule has 0 saturated carbocycles. The lowest BCUT2D eigenvalue weighted by Gasteiger charge is -2.23. The third-order valence-corrected chi connectivity index (χ3v) is 3.99. The molecule has 0 aromatic heterocycles. The highest BCUT2D eigenvalue weighted by atomic mass is 16.2. The first-order chi connectivity index (χ1) is 8.16. The number of carbonyl (C=O) groups is 1. The molecule has 0 aromatic carbocycles. The van der Waals surface area contributed by atoms with Crippen molar-refractivity contribution in [3.63, 3.8) is 0 Å². The van der Waals surface area contributed by atoms with E-state index in [1.54, 1.807) is 0 Å². The molecule has 0 radical (unpaired) electrons. The number of nitrogens with zero attached hydrogens (tertiary/aromatic N) is 2. The van der Waals surface area contributed by atoms with Gasteiger partial charge in [0.25, 0.3) is 0 Å². The summed E-state index contributed by atoms with van der Waals surface area (Å²) in [6, 6.07) is 0.757. The Morgan fingerprint density at radius 3 is 2.71 bits per heavy atom. The average Bonchev–Trinajstić information content (AvgIpc) is 2.94. The van der Waals surface area contributed by atoms with Crippen LogP contribution in [-0.4, -0.2) is 54.0 Å². The molecule has 0 aliphatic carbocycles. The molecule has 2 heterocycles. The van der Waals surface area contributed by atoms with E-state index in [9.17, 15) is 4.79 Å². The maximum Gasteiger partial charge on any atom is 0.222 e. The summed E-state index contributed by atoms with van der Waals surface area (Å²) >= 11 is 0. The lowest BCUT2D eigenvalue weighted by atomic mass is 10.2. The average molecular weight is 239 g/mol. The maximum absolute atomic E-state index is 12.0. The van der Waals surface area contributed by atoms with Gasteiger partial charge in [0.15, 0.2) is 0 Å². The van der Waals surface area contributed by atoms with Gasteiger partial charge in [-0.3, -0.25) is 9.69 Å². The summed E-state index contributed by atoms with van der Waals surface area (Å²) in [5.41, 5.74) is 5.69. The topological polar surface area (TPSA) is 49.6 Å². The van der Waals surface area contributed by atoms with E-state index in [1.807, 2.05) is 11.8 Å². The molecule has 2 aliphatic rings. The van der Waals surface area contributed by atoms with E-state index in [4.69, 9.17) is 5.73 Å². The van der Waals surface area contributed by atoms with Gasteiger partial charge in [0.2, 0.25) is 5.91 Å². The molecule has 17 heavy (non-hydrogen) atoms. The van der Waals surface area contributed by atoms with Crippen LogP contribution >= 0.6 is 0 Å². The second-order valence-electron chi connectivity index (χ2n) is 5.54. The van der Waals surface area contributed by atoms with Gasteiger partial charge in [-0.1, -0.05) is 0 Å². The summed E-state index contributed by atoms with van der Waals surface area (Å²) in [6.45, 7) is 6.31. The molecule has 2 unspecified atom stereocenters. The number of likely N-dealkylation sites (tertiary alicyclic amines) is 2. The van der Waals surface area contributed by atoms with Crippen LogP contribution in [0.15, 0.2) is 0 Å². The summed E-state index contributed by atoms with van der Waals surface area (Å²) in [5, 5.41) is 0. The minimum absolute atomic E-state index is 0.135. The normalized spacial score (nSPS) is 27.6. The van der Waals surface area contributed by atoms with Crippen molar-refractivity contribution in [1.29, 1.82) is 0 Å². The van der Waals surface area contributed by atoms with E-state index in [0.29, 0.717) is 18.4 Å². The number of carbonyl (C=O) groups excluding carboxylic acids is 1. The Bertz CT molecular complexity index is 261. The van der Waals surface area contributed by atoms with Crippen LogP contribution < -0.4 is 5.73 Å². The van der Waals surface area contributed by atoms with Gasteiger partial charge in [-0.25, -0.2) is 0 Å². The van der Waals surface area contributed by atoms with Crippen molar-refractivity contribution >= 4 is 5.91 Å². The molecule has 2 rings (SSSR count). The van der Waals surface area contributed by atoms with Crippen LogP contribution in [0.4, 0.5) is 0 Å². The molecule has 2 saturated heterocycles. The first-order valence-electron chi connectivity index (χ1n) is 6.94. The number of nitrogens with two attached hydrogens (primary N) is 1. The first kappa shape index (κ1) is 12.8. The third-order valence-electron chi connectivity index (χ3n) is 3.99. The van der Waals surface area contributed by atoms with Crippen LogP contribution in [0.1, 0.15) is 39.0 Å². The Balaban J connectivity index is 1.74. The van der Waals surface area contributed by atoms with Crippen LogP contribution in [0.2, 0.25) is 0 Å². The molecule has 0 spiro atoms. The summed E-state index contributed by atoms with van der Waals surface area (Å²) in [5.74, 6) is 0.295. The van der Waals surface area contributed by atoms with Gasteiger partial charge in [-0.05, 0) is 45.7 Å². The van der Waals surface area contributed by atoms with Crippen molar-refractivity contribution < 1.29 is 4.79 Å². The number of hydrogen-bond donors (Lipinski definition) is 1. The molecule has 2 N–H and O–H groups in total. The second-order valence-corrected chi connectivity index (χ2v) is 5.54. The molecule has 2 atom stereocenters. The number of rotatable bonds is 4. The number of hydrogen-bond acceptors (Lipinski definition) is 3. The lowest BCUT2D eigenvalue weighted by molar-refractivity contribution is -0.130. The van der Waals surface area contributed by atoms with E-state index in [2.05, 4.69) is 4.90 Å². The summed E-state index contributed by atoms with van der Waals surface area (Å²) in [7, 11) is 0. The summed E-state index contributed by atoms with van der Waals surface area (Å²) in [4.78, 5) is 16.5. The first-order valence-corrected chi connectivity index (χ1v) is 6.94. The third kappa shape index (κ3) is 3.42. The molecule has 0 bridgehead atoms. The zero-order chi connectivity index (χ0) is 12.3. The second kappa shape index (κ2) is 5.83. The molecule has 2 fully saturated rings. The van der Waals surface area contributed by atoms with Crippen molar-refractivity contribution in [1.82, 2.24) is 9.80 Å². The Morgan fingerprint density at radius 1 is 1.35 bits per heavy atom. The van der Waals surface area contributed by atoms with Gasteiger partial charge in [0.1, 0.15) is 0 Å². The van der Waals surface area contributed by atoms with Crippen molar-refractivity contribution in [3.8, 4) is 0 Å².